The highest BCUT2D eigenvalue weighted by atomic mass is 13.7. The normalized spacial score (nSPS) is 10.6. The Balaban J connectivity index is 3.19. The van der Waals surface area contributed by atoms with Gasteiger partial charge in [0, 0.05) is 24.6 Å². The van der Waals surface area contributed by atoms with Crippen molar-refractivity contribution >= 4 is 0 Å². The Hall–Kier alpha value is -0.910. The van der Waals surface area contributed by atoms with Crippen LogP contribution in [-0.2, 0) is 0 Å². The van der Waals surface area contributed by atoms with Gasteiger partial charge in [-0.05, 0) is 19.6 Å². The Morgan fingerprint density at radius 1 is 1.38 bits per heavy atom. The van der Waals surface area contributed by atoms with Gasteiger partial charge >= 0.3 is 0 Å². The fourth-order valence-corrected chi connectivity index (χ4v) is 0.318. The van der Waals surface area contributed by atoms with E-state index in [0.717, 1.165) is 0 Å². The van der Waals surface area contributed by atoms with Crippen LogP contribution in [0.1, 0.15) is 6.92 Å². The first-order valence-electron chi connectivity index (χ1n) is 2.65. The molecule has 0 atom stereocenters. The topological polar surface area (TPSA) is 0 Å². The van der Waals surface area contributed by atoms with Gasteiger partial charge in [-0.1, -0.05) is 6.08 Å². The van der Waals surface area contributed by atoms with Gasteiger partial charge < -0.3 is 0 Å². The monoisotopic (exact) mass is 107 g/mol. The zero-order valence-electron chi connectivity index (χ0n) is 5.17. The molecule has 8 heavy (non-hydrogen) atoms. The highest BCUT2D eigenvalue weighted by molar-refractivity contribution is 5.11. The molecule has 0 unspecified atom stereocenters. The summed E-state index contributed by atoms with van der Waals surface area (Å²) < 4.78 is 0. The second-order valence-electron chi connectivity index (χ2n) is 1.34. The van der Waals surface area contributed by atoms with Crippen LogP contribution in [0.5, 0.6) is 0 Å². The quantitative estimate of drug-likeness (QED) is 0.384. The van der Waals surface area contributed by atoms with E-state index in [1.54, 1.807) is 6.08 Å². The fraction of sp³-hybridized carbons (Fsp3) is 0.125. The van der Waals surface area contributed by atoms with Crippen LogP contribution < -0.4 is 0 Å². The average molecular weight is 107 g/mol. The van der Waals surface area contributed by atoms with Crippen LogP contribution in [0.25, 0.3) is 0 Å². The summed E-state index contributed by atoms with van der Waals surface area (Å²) in [5.41, 5.74) is 0. The van der Waals surface area contributed by atoms with Gasteiger partial charge in [0.2, 0.25) is 0 Å². The third kappa shape index (κ3) is 5.09. The summed E-state index contributed by atoms with van der Waals surface area (Å²) in [4.78, 5) is 0. The molecule has 0 spiro atoms. The van der Waals surface area contributed by atoms with E-state index in [1.807, 2.05) is 37.6 Å². The predicted molar refractivity (Wildman–Crippen MR) is 38.5 cm³/mol. The molecule has 0 bridgehead atoms. The summed E-state index contributed by atoms with van der Waals surface area (Å²) in [6.07, 6.45) is 11.5. The molecular formula is C8H11+. The molecule has 0 saturated heterocycles. The number of hydrogen-bond donors (Lipinski definition) is 0. The van der Waals surface area contributed by atoms with E-state index in [0.29, 0.717) is 0 Å². The summed E-state index contributed by atoms with van der Waals surface area (Å²) in [6.45, 7) is 5.51. The summed E-state index contributed by atoms with van der Waals surface area (Å²) in [5.74, 6) is 0. The minimum Gasteiger partial charge on any atom is -0.0744 e. The van der Waals surface area contributed by atoms with Gasteiger partial charge in [-0.15, -0.1) is 0 Å². The Kier molecular flexibility index (Phi) is 5.40. The van der Waals surface area contributed by atoms with Crippen molar-refractivity contribution in [3.8, 4) is 0 Å². The molecule has 0 aliphatic rings. The van der Waals surface area contributed by atoms with Crippen LogP contribution >= 0.6 is 0 Å². The molecule has 42 valence electrons. The van der Waals surface area contributed by atoms with Crippen molar-refractivity contribution < 1.29 is 0 Å². The molecule has 0 heterocycles. The summed E-state index contributed by atoms with van der Waals surface area (Å²) >= 11 is 0. The highest BCUT2D eigenvalue weighted by Crippen LogP contribution is 1.81. The molecular weight excluding hydrogens is 96.1 g/mol. The number of rotatable bonds is 3. The van der Waals surface area contributed by atoms with E-state index in [9.17, 15) is 0 Å². The van der Waals surface area contributed by atoms with E-state index < -0.39 is 0 Å². The third-order valence-corrected chi connectivity index (χ3v) is 0.662. The first-order chi connectivity index (χ1) is 3.91. The van der Waals surface area contributed by atoms with Crippen LogP contribution in [0.3, 0.4) is 0 Å². The van der Waals surface area contributed by atoms with Gasteiger partial charge in [-0.2, -0.15) is 0 Å². The van der Waals surface area contributed by atoms with E-state index in [4.69, 9.17) is 0 Å². The second-order valence-corrected chi connectivity index (χ2v) is 1.34. The van der Waals surface area contributed by atoms with Crippen LogP contribution in [0, 0.1) is 6.42 Å². The minimum atomic E-state index is 1.75. The largest absolute Gasteiger partial charge is 0.0744 e. The maximum Gasteiger partial charge on any atom is 0.0466 e. The molecule has 0 aliphatic carbocycles. The third-order valence-electron chi connectivity index (χ3n) is 0.662. The van der Waals surface area contributed by atoms with Crippen LogP contribution in [-0.4, -0.2) is 0 Å². The average Bonchev–Trinajstić information content (AvgIpc) is 1.81. The van der Waals surface area contributed by atoms with Gasteiger partial charge in [0.1, 0.15) is 0 Å². The van der Waals surface area contributed by atoms with Crippen molar-refractivity contribution in [3.05, 3.63) is 43.4 Å². The van der Waals surface area contributed by atoms with Crippen LogP contribution in [0.15, 0.2) is 37.0 Å². The molecule has 0 saturated carbocycles. The van der Waals surface area contributed by atoms with Crippen LogP contribution in [0.4, 0.5) is 0 Å². The van der Waals surface area contributed by atoms with Crippen molar-refractivity contribution in [1.29, 1.82) is 0 Å². The smallest absolute Gasteiger partial charge is 0.0466 e. The Morgan fingerprint density at radius 3 is 2.62 bits per heavy atom. The lowest BCUT2D eigenvalue weighted by Gasteiger charge is -1.65. The molecule has 0 heteroatoms. The molecule has 0 nitrogen and oxygen atoms in total. The maximum absolute atomic E-state index is 3.53. The lowest BCUT2D eigenvalue weighted by atomic mass is 10.3. The SMILES string of the molecule is C=C[CH+]/C=C/C=C/C. The van der Waals surface area contributed by atoms with Gasteiger partial charge in [0.15, 0.2) is 0 Å². The number of hydrogen-bond acceptors (Lipinski definition) is 0. The zero-order chi connectivity index (χ0) is 6.24. The van der Waals surface area contributed by atoms with E-state index in [1.165, 1.54) is 0 Å². The van der Waals surface area contributed by atoms with Gasteiger partial charge in [-0.3, -0.25) is 0 Å². The molecule has 0 rings (SSSR count). The van der Waals surface area contributed by atoms with Crippen LogP contribution in [0.2, 0.25) is 0 Å². The lowest BCUT2D eigenvalue weighted by Crippen LogP contribution is -1.53. The molecule has 0 aromatic carbocycles. The Bertz CT molecular complexity index is 96.6. The molecule has 0 aromatic heterocycles. The highest BCUT2D eigenvalue weighted by Gasteiger charge is 1.70. The predicted octanol–water partition coefficient (Wildman–Crippen LogP) is 2.51. The van der Waals surface area contributed by atoms with Gasteiger partial charge in [0.05, 0.1) is 0 Å². The summed E-state index contributed by atoms with van der Waals surface area (Å²) in [7, 11) is 0. The van der Waals surface area contributed by atoms with Crippen molar-refractivity contribution in [2.24, 2.45) is 0 Å². The minimum absolute atomic E-state index is 1.75. The van der Waals surface area contributed by atoms with Crippen molar-refractivity contribution in [1.82, 2.24) is 0 Å². The van der Waals surface area contributed by atoms with E-state index in [-0.39, 0.29) is 0 Å². The Labute approximate surface area is 51.2 Å². The van der Waals surface area contributed by atoms with E-state index in [2.05, 4.69) is 6.58 Å². The molecule has 0 aliphatic heterocycles. The lowest BCUT2D eigenvalue weighted by molar-refractivity contribution is 1.70. The van der Waals surface area contributed by atoms with E-state index >= 15 is 0 Å². The molecule has 0 radical (unpaired) electrons. The Morgan fingerprint density at radius 2 is 2.12 bits per heavy atom. The first-order valence-corrected chi connectivity index (χ1v) is 2.65. The van der Waals surface area contributed by atoms with Crippen molar-refractivity contribution in [2.45, 2.75) is 6.92 Å². The molecule has 0 fully saturated rings. The summed E-state index contributed by atoms with van der Waals surface area (Å²) in [5, 5.41) is 0. The fourth-order valence-electron chi connectivity index (χ4n) is 0.318. The zero-order valence-corrected chi connectivity index (χ0v) is 5.17. The maximum atomic E-state index is 3.53. The van der Waals surface area contributed by atoms with Gasteiger partial charge in [-0.25, -0.2) is 0 Å². The van der Waals surface area contributed by atoms with Crippen molar-refractivity contribution in [2.75, 3.05) is 0 Å². The van der Waals surface area contributed by atoms with Gasteiger partial charge in [0.25, 0.3) is 0 Å². The molecule has 0 aromatic rings. The standard InChI is InChI=1S/C8H11/c1-3-5-7-8-6-4-2/h3-8H,1H2,2H3/q+1/b6-4+,8-7+. The number of allylic oxidation sites excluding steroid dienone is 5. The van der Waals surface area contributed by atoms with Crippen molar-refractivity contribution in [3.63, 3.8) is 0 Å². The molecule has 0 amide bonds. The first kappa shape index (κ1) is 7.09. The molecule has 0 N–H and O–H groups in total. The second kappa shape index (κ2) is 6.09. The summed E-state index contributed by atoms with van der Waals surface area (Å²) in [6, 6.07) is 0.